The van der Waals surface area contributed by atoms with E-state index < -0.39 is 11.9 Å². The van der Waals surface area contributed by atoms with E-state index in [2.05, 4.69) is 5.32 Å². The summed E-state index contributed by atoms with van der Waals surface area (Å²) in [5, 5.41) is 11.0. The molecular weight excluding hydrogens is 334 g/mol. The molecule has 0 saturated heterocycles. The highest BCUT2D eigenvalue weighted by molar-refractivity contribution is 5.94. The number of benzene rings is 1. The molecule has 1 N–H and O–H groups in total. The summed E-state index contributed by atoms with van der Waals surface area (Å²) in [6.07, 6.45) is 5.21. The molecule has 1 aromatic carbocycles. The molecule has 7 nitrogen and oxygen atoms in total. The van der Waals surface area contributed by atoms with Gasteiger partial charge in [-0.15, -0.1) is 0 Å². The van der Waals surface area contributed by atoms with Crippen molar-refractivity contribution in [2.24, 2.45) is 0 Å². The largest absolute Gasteiger partial charge is 0.452 e. The van der Waals surface area contributed by atoms with Crippen LogP contribution in [0.3, 0.4) is 0 Å². The smallest absolute Gasteiger partial charge is 0.338 e. The zero-order valence-electron chi connectivity index (χ0n) is 14.9. The van der Waals surface area contributed by atoms with E-state index in [9.17, 15) is 14.4 Å². The lowest BCUT2D eigenvalue weighted by atomic mass is 9.94. The number of anilines is 1. The average molecular weight is 357 g/mol. The van der Waals surface area contributed by atoms with Gasteiger partial charge in [0.15, 0.2) is 6.61 Å². The van der Waals surface area contributed by atoms with Gasteiger partial charge in [0.1, 0.15) is 6.42 Å². The topological polar surface area (TPSA) is 99.5 Å². The molecule has 26 heavy (non-hydrogen) atoms. The van der Waals surface area contributed by atoms with Crippen LogP contribution < -0.4 is 5.32 Å². The van der Waals surface area contributed by atoms with Crippen LogP contribution in [0, 0.1) is 11.3 Å². The number of esters is 1. The number of carbonyl (C=O) groups is 3. The van der Waals surface area contributed by atoms with E-state index in [4.69, 9.17) is 10.00 Å². The lowest BCUT2D eigenvalue weighted by molar-refractivity contribution is -0.135. The molecule has 1 aliphatic carbocycles. The lowest BCUT2D eigenvalue weighted by Crippen LogP contribution is -2.40. The van der Waals surface area contributed by atoms with Crippen molar-refractivity contribution < 1.29 is 19.1 Å². The second kappa shape index (κ2) is 9.56. The Morgan fingerprint density at radius 1 is 1.19 bits per heavy atom. The van der Waals surface area contributed by atoms with E-state index in [1.165, 1.54) is 18.6 Å². The van der Waals surface area contributed by atoms with Gasteiger partial charge in [-0.2, -0.15) is 5.26 Å². The number of amides is 2. The Balaban J connectivity index is 1.82. The molecule has 0 spiro atoms. The molecule has 0 radical (unpaired) electrons. The number of hydrogen-bond donors (Lipinski definition) is 1. The van der Waals surface area contributed by atoms with Gasteiger partial charge in [0.2, 0.25) is 5.91 Å². The number of rotatable bonds is 6. The Kier molecular flexibility index (Phi) is 7.15. The maximum Gasteiger partial charge on any atom is 0.338 e. The number of likely N-dealkylation sites (N-methyl/N-ethyl adjacent to an activating group) is 1. The van der Waals surface area contributed by atoms with Crippen molar-refractivity contribution in [1.29, 1.82) is 5.26 Å². The first-order valence-corrected chi connectivity index (χ1v) is 8.71. The third kappa shape index (κ3) is 5.59. The number of hydrogen-bond acceptors (Lipinski definition) is 5. The van der Waals surface area contributed by atoms with Crippen LogP contribution in [0.2, 0.25) is 0 Å². The van der Waals surface area contributed by atoms with Gasteiger partial charge >= 0.3 is 5.97 Å². The summed E-state index contributed by atoms with van der Waals surface area (Å²) in [7, 11) is 1.75. The second-order valence-corrected chi connectivity index (χ2v) is 6.33. The van der Waals surface area contributed by atoms with Crippen molar-refractivity contribution in [2.45, 2.75) is 44.6 Å². The van der Waals surface area contributed by atoms with E-state index in [1.807, 2.05) is 0 Å². The lowest BCUT2D eigenvalue weighted by Gasteiger charge is -2.31. The first-order valence-electron chi connectivity index (χ1n) is 8.71. The normalized spacial score (nSPS) is 14.2. The highest BCUT2D eigenvalue weighted by Gasteiger charge is 2.23. The van der Waals surface area contributed by atoms with Crippen molar-refractivity contribution in [1.82, 2.24) is 4.90 Å². The van der Waals surface area contributed by atoms with Gasteiger partial charge in [-0.1, -0.05) is 19.3 Å². The van der Waals surface area contributed by atoms with Gasteiger partial charge in [0, 0.05) is 18.8 Å². The molecule has 0 heterocycles. The minimum Gasteiger partial charge on any atom is -0.452 e. The Labute approximate surface area is 152 Å². The Morgan fingerprint density at radius 3 is 2.46 bits per heavy atom. The van der Waals surface area contributed by atoms with E-state index in [-0.39, 0.29) is 30.5 Å². The third-order valence-electron chi connectivity index (χ3n) is 4.49. The fourth-order valence-corrected chi connectivity index (χ4v) is 2.95. The monoisotopic (exact) mass is 357 g/mol. The maximum atomic E-state index is 12.2. The molecule has 2 rings (SSSR count). The van der Waals surface area contributed by atoms with E-state index in [1.54, 1.807) is 30.1 Å². The molecule has 1 fully saturated rings. The average Bonchev–Trinajstić information content (AvgIpc) is 2.66. The van der Waals surface area contributed by atoms with E-state index in [0.29, 0.717) is 5.69 Å². The molecular formula is C19H23N3O4. The van der Waals surface area contributed by atoms with Crippen LogP contribution in [0.4, 0.5) is 5.69 Å². The first-order chi connectivity index (χ1) is 12.5. The van der Waals surface area contributed by atoms with Crippen LogP contribution in [0.25, 0.3) is 0 Å². The predicted molar refractivity (Wildman–Crippen MR) is 95.2 cm³/mol. The SMILES string of the molecule is CN(C(=O)COC(=O)c1ccc(NC(=O)CC#N)cc1)C1CCCCC1. The van der Waals surface area contributed by atoms with Crippen LogP contribution in [0.5, 0.6) is 0 Å². The molecule has 0 aliphatic heterocycles. The summed E-state index contributed by atoms with van der Waals surface area (Å²) < 4.78 is 5.10. The summed E-state index contributed by atoms with van der Waals surface area (Å²) in [5.41, 5.74) is 0.770. The van der Waals surface area contributed by atoms with Crippen molar-refractivity contribution in [3.63, 3.8) is 0 Å². The van der Waals surface area contributed by atoms with Crippen molar-refractivity contribution in [3.8, 4) is 6.07 Å². The van der Waals surface area contributed by atoms with Gasteiger partial charge in [-0.05, 0) is 37.1 Å². The summed E-state index contributed by atoms with van der Waals surface area (Å²) in [6.45, 7) is -0.285. The molecule has 1 aliphatic rings. The molecule has 0 unspecified atom stereocenters. The second-order valence-electron chi connectivity index (χ2n) is 6.33. The van der Waals surface area contributed by atoms with E-state index in [0.717, 1.165) is 25.7 Å². The molecule has 2 amide bonds. The van der Waals surface area contributed by atoms with Crippen LogP contribution in [0.15, 0.2) is 24.3 Å². The van der Waals surface area contributed by atoms with Gasteiger partial charge < -0.3 is 15.0 Å². The molecule has 0 aromatic heterocycles. The zero-order chi connectivity index (χ0) is 18.9. The Morgan fingerprint density at radius 2 is 1.85 bits per heavy atom. The molecule has 1 aromatic rings. The summed E-state index contributed by atoms with van der Waals surface area (Å²) in [6, 6.07) is 8.07. The summed E-state index contributed by atoms with van der Waals surface area (Å²) >= 11 is 0. The number of nitrogens with zero attached hydrogens (tertiary/aromatic N) is 2. The number of carbonyl (C=O) groups excluding carboxylic acids is 3. The van der Waals surface area contributed by atoms with Crippen molar-refractivity contribution >= 4 is 23.5 Å². The van der Waals surface area contributed by atoms with Gasteiger partial charge in [-0.3, -0.25) is 9.59 Å². The highest BCUT2D eigenvalue weighted by Crippen LogP contribution is 2.21. The van der Waals surface area contributed by atoms with Crippen LogP contribution >= 0.6 is 0 Å². The maximum absolute atomic E-state index is 12.2. The van der Waals surface area contributed by atoms with Crippen molar-refractivity contribution in [2.75, 3.05) is 19.0 Å². The van der Waals surface area contributed by atoms with Crippen LogP contribution in [-0.2, 0) is 14.3 Å². The molecule has 1 saturated carbocycles. The van der Waals surface area contributed by atoms with Gasteiger partial charge in [-0.25, -0.2) is 4.79 Å². The molecule has 7 heteroatoms. The quantitative estimate of drug-likeness (QED) is 0.789. The number of ether oxygens (including phenoxy) is 1. The molecule has 0 bridgehead atoms. The van der Waals surface area contributed by atoms with Gasteiger partial charge in [0.25, 0.3) is 5.91 Å². The zero-order valence-corrected chi connectivity index (χ0v) is 14.9. The Hall–Kier alpha value is -2.88. The number of nitrogens with one attached hydrogen (secondary N) is 1. The minimum absolute atomic E-state index is 0.203. The molecule has 0 atom stereocenters. The van der Waals surface area contributed by atoms with E-state index >= 15 is 0 Å². The summed E-state index contributed by atoms with van der Waals surface area (Å²) in [5.74, 6) is -1.21. The Bertz CT molecular complexity index is 688. The van der Waals surface area contributed by atoms with Crippen LogP contribution in [-0.4, -0.2) is 42.4 Å². The minimum atomic E-state index is -0.592. The third-order valence-corrected chi connectivity index (χ3v) is 4.49. The fourth-order valence-electron chi connectivity index (χ4n) is 2.95. The number of nitriles is 1. The van der Waals surface area contributed by atoms with Gasteiger partial charge in [0.05, 0.1) is 11.6 Å². The first kappa shape index (κ1) is 19.4. The van der Waals surface area contributed by atoms with Crippen LogP contribution in [0.1, 0.15) is 48.9 Å². The highest BCUT2D eigenvalue weighted by atomic mass is 16.5. The molecule has 138 valence electrons. The van der Waals surface area contributed by atoms with Crippen molar-refractivity contribution in [3.05, 3.63) is 29.8 Å². The predicted octanol–water partition coefficient (Wildman–Crippen LogP) is 2.49. The fraction of sp³-hybridized carbons (Fsp3) is 0.474. The summed E-state index contributed by atoms with van der Waals surface area (Å²) in [4.78, 5) is 37.3. The standard InChI is InChI=1S/C19H23N3O4/c1-22(16-5-3-2-4-6-16)18(24)13-26-19(25)14-7-9-15(10-8-14)21-17(23)11-12-20/h7-10,16H,2-6,11,13H2,1H3,(H,21,23).